The highest BCUT2D eigenvalue weighted by atomic mass is 35.5. The van der Waals surface area contributed by atoms with Gasteiger partial charge < -0.3 is 14.5 Å². The second-order valence-corrected chi connectivity index (χ2v) is 5.91. The van der Waals surface area contributed by atoms with E-state index in [1.807, 2.05) is 25.2 Å². The molecule has 1 unspecified atom stereocenters. The van der Waals surface area contributed by atoms with Gasteiger partial charge in [0.15, 0.2) is 5.58 Å². The van der Waals surface area contributed by atoms with Gasteiger partial charge in [0.1, 0.15) is 5.76 Å². The standard InChI is InChI=1S/C16H20ClNO2/c1-18-15(16(19-2)8-3-4-9-16)13-10-11-6-5-7-12(17)14(11)20-13/h5-7,10,15,18H,3-4,8-9H2,1-2H3. The Hall–Kier alpha value is -1.03. The number of furan rings is 1. The molecule has 0 saturated heterocycles. The number of likely N-dealkylation sites (N-methyl/N-ethyl adjacent to an activating group) is 1. The van der Waals surface area contributed by atoms with E-state index < -0.39 is 0 Å². The molecule has 1 saturated carbocycles. The van der Waals surface area contributed by atoms with Crippen LogP contribution in [0, 0.1) is 0 Å². The van der Waals surface area contributed by atoms with Gasteiger partial charge in [-0.15, -0.1) is 0 Å². The van der Waals surface area contributed by atoms with Gasteiger partial charge in [-0.25, -0.2) is 0 Å². The molecule has 4 heteroatoms. The van der Waals surface area contributed by atoms with Gasteiger partial charge >= 0.3 is 0 Å². The predicted molar refractivity (Wildman–Crippen MR) is 81.2 cm³/mol. The third-order valence-corrected chi connectivity index (χ3v) is 4.77. The van der Waals surface area contributed by atoms with Gasteiger partial charge in [-0.05, 0) is 32.0 Å². The van der Waals surface area contributed by atoms with Gasteiger partial charge in [-0.1, -0.05) is 36.6 Å². The van der Waals surface area contributed by atoms with Crippen molar-refractivity contribution in [2.24, 2.45) is 0 Å². The van der Waals surface area contributed by atoms with E-state index in [1.54, 1.807) is 7.11 Å². The lowest BCUT2D eigenvalue weighted by Crippen LogP contribution is -2.42. The first kappa shape index (κ1) is 13.9. The summed E-state index contributed by atoms with van der Waals surface area (Å²) in [5.41, 5.74) is 0.586. The Morgan fingerprint density at radius 2 is 2.10 bits per heavy atom. The number of para-hydroxylation sites is 1. The van der Waals surface area contributed by atoms with Gasteiger partial charge in [0, 0.05) is 12.5 Å². The largest absolute Gasteiger partial charge is 0.458 e. The molecule has 1 aliphatic carbocycles. The fourth-order valence-electron chi connectivity index (χ4n) is 3.44. The maximum Gasteiger partial charge on any atom is 0.152 e. The Morgan fingerprint density at radius 3 is 2.70 bits per heavy atom. The molecule has 1 atom stereocenters. The molecule has 0 bridgehead atoms. The summed E-state index contributed by atoms with van der Waals surface area (Å²) in [6.07, 6.45) is 4.51. The average molecular weight is 294 g/mol. The van der Waals surface area contributed by atoms with Crippen molar-refractivity contribution >= 4 is 22.6 Å². The molecular formula is C16H20ClNO2. The maximum absolute atomic E-state index is 6.20. The molecule has 1 aromatic carbocycles. The SMILES string of the molecule is CNC(c1cc2cccc(Cl)c2o1)C1(OC)CCCC1. The molecule has 3 rings (SSSR count). The van der Waals surface area contributed by atoms with Crippen molar-refractivity contribution in [2.45, 2.75) is 37.3 Å². The Kier molecular flexibility index (Phi) is 3.76. The number of benzene rings is 1. The van der Waals surface area contributed by atoms with Gasteiger partial charge in [0.05, 0.1) is 16.7 Å². The molecule has 0 amide bonds. The second-order valence-electron chi connectivity index (χ2n) is 5.50. The first-order valence-corrected chi connectivity index (χ1v) is 7.48. The van der Waals surface area contributed by atoms with Gasteiger partial charge in [-0.2, -0.15) is 0 Å². The monoisotopic (exact) mass is 293 g/mol. The van der Waals surface area contributed by atoms with Crippen LogP contribution >= 0.6 is 11.6 Å². The number of ether oxygens (including phenoxy) is 1. The van der Waals surface area contributed by atoms with Gasteiger partial charge in [0.2, 0.25) is 0 Å². The molecule has 0 radical (unpaired) electrons. The zero-order valence-electron chi connectivity index (χ0n) is 11.9. The zero-order chi connectivity index (χ0) is 14.2. The highest BCUT2D eigenvalue weighted by Gasteiger charge is 2.43. The summed E-state index contributed by atoms with van der Waals surface area (Å²) in [5.74, 6) is 0.902. The normalized spacial score (nSPS) is 19.6. The van der Waals surface area contributed by atoms with Crippen molar-refractivity contribution in [3.63, 3.8) is 0 Å². The van der Waals surface area contributed by atoms with E-state index in [1.165, 1.54) is 12.8 Å². The van der Waals surface area contributed by atoms with E-state index in [0.717, 1.165) is 29.6 Å². The minimum atomic E-state index is -0.172. The third-order valence-electron chi connectivity index (χ3n) is 4.47. The van der Waals surface area contributed by atoms with Crippen molar-refractivity contribution in [3.8, 4) is 0 Å². The summed E-state index contributed by atoms with van der Waals surface area (Å²) in [6.45, 7) is 0. The Bertz CT molecular complexity index is 602. The Balaban J connectivity index is 2.05. The van der Waals surface area contributed by atoms with Crippen molar-refractivity contribution in [2.75, 3.05) is 14.2 Å². The molecule has 20 heavy (non-hydrogen) atoms. The van der Waals surface area contributed by atoms with Crippen LogP contribution in [0.15, 0.2) is 28.7 Å². The van der Waals surface area contributed by atoms with E-state index in [-0.39, 0.29) is 11.6 Å². The minimum Gasteiger partial charge on any atom is -0.458 e. The Labute approximate surface area is 124 Å². The van der Waals surface area contributed by atoms with Crippen molar-refractivity contribution in [1.29, 1.82) is 0 Å². The second kappa shape index (κ2) is 5.40. The van der Waals surface area contributed by atoms with Crippen LogP contribution in [0.4, 0.5) is 0 Å². The van der Waals surface area contributed by atoms with Crippen molar-refractivity contribution in [1.82, 2.24) is 5.32 Å². The number of methoxy groups -OCH3 is 1. The zero-order valence-corrected chi connectivity index (χ0v) is 12.7. The number of halogens is 1. The van der Waals surface area contributed by atoms with Crippen LogP contribution in [0.5, 0.6) is 0 Å². The van der Waals surface area contributed by atoms with E-state index >= 15 is 0 Å². The summed E-state index contributed by atoms with van der Waals surface area (Å²) >= 11 is 6.20. The molecular weight excluding hydrogens is 274 g/mol. The molecule has 1 aliphatic rings. The molecule has 3 nitrogen and oxygen atoms in total. The number of hydrogen-bond donors (Lipinski definition) is 1. The van der Waals surface area contributed by atoms with Crippen molar-refractivity contribution in [3.05, 3.63) is 35.0 Å². The number of nitrogens with one attached hydrogen (secondary N) is 1. The van der Waals surface area contributed by atoms with E-state index in [2.05, 4.69) is 11.4 Å². The van der Waals surface area contributed by atoms with E-state index in [0.29, 0.717) is 5.02 Å². The number of hydrogen-bond acceptors (Lipinski definition) is 3. The summed E-state index contributed by atoms with van der Waals surface area (Å²) in [4.78, 5) is 0. The first-order valence-electron chi connectivity index (χ1n) is 7.10. The lowest BCUT2D eigenvalue weighted by atomic mass is 9.90. The van der Waals surface area contributed by atoms with Crippen LogP contribution in [-0.4, -0.2) is 19.8 Å². The average Bonchev–Trinajstić information content (AvgIpc) is 3.08. The lowest BCUT2D eigenvalue weighted by molar-refractivity contribution is -0.0397. The summed E-state index contributed by atoms with van der Waals surface area (Å²) in [7, 11) is 3.75. The third kappa shape index (κ3) is 2.14. The first-order chi connectivity index (χ1) is 9.70. The summed E-state index contributed by atoms with van der Waals surface area (Å²) < 4.78 is 11.9. The molecule has 1 aromatic heterocycles. The summed E-state index contributed by atoms with van der Waals surface area (Å²) in [6, 6.07) is 7.95. The molecule has 0 spiro atoms. The molecule has 2 aromatic rings. The highest BCUT2D eigenvalue weighted by molar-refractivity contribution is 6.34. The fraction of sp³-hybridized carbons (Fsp3) is 0.500. The highest BCUT2D eigenvalue weighted by Crippen LogP contribution is 2.44. The minimum absolute atomic E-state index is 0.0541. The van der Waals surface area contributed by atoms with Gasteiger partial charge in [0.25, 0.3) is 0 Å². The molecule has 108 valence electrons. The quantitative estimate of drug-likeness (QED) is 0.912. The van der Waals surface area contributed by atoms with Crippen LogP contribution in [0.3, 0.4) is 0 Å². The Morgan fingerprint density at radius 1 is 1.35 bits per heavy atom. The number of fused-ring (bicyclic) bond motifs is 1. The maximum atomic E-state index is 6.20. The number of rotatable bonds is 4. The summed E-state index contributed by atoms with van der Waals surface area (Å²) in [5, 5.41) is 5.06. The van der Waals surface area contributed by atoms with Gasteiger partial charge in [-0.3, -0.25) is 0 Å². The van der Waals surface area contributed by atoms with Crippen LogP contribution in [-0.2, 0) is 4.74 Å². The lowest BCUT2D eigenvalue weighted by Gasteiger charge is -2.34. The van der Waals surface area contributed by atoms with Crippen LogP contribution in [0.2, 0.25) is 5.02 Å². The van der Waals surface area contributed by atoms with E-state index in [9.17, 15) is 0 Å². The van der Waals surface area contributed by atoms with E-state index in [4.69, 9.17) is 20.8 Å². The van der Waals surface area contributed by atoms with Crippen LogP contribution in [0.25, 0.3) is 11.0 Å². The van der Waals surface area contributed by atoms with Crippen molar-refractivity contribution < 1.29 is 9.15 Å². The fourth-order valence-corrected chi connectivity index (χ4v) is 3.66. The molecule has 1 heterocycles. The molecule has 0 aliphatic heterocycles. The smallest absolute Gasteiger partial charge is 0.152 e. The topological polar surface area (TPSA) is 34.4 Å². The molecule has 1 N–H and O–H groups in total. The predicted octanol–water partition coefficient (Wildman–Crippen LogP) is 4.31. The van der Waals surface area contributed by atoms with Crippen LogP contribution < -0.4 is 5.32 Å². The molecule has 1 fully saturated rings. The van der Waals surface area contributed by atoms with Crippen LogP contribution in [0.1, 0.15) is 37.5 Å².